The Balaban J connectivity index is 2.22. The highest BCUT2D eigenvalue weighted by atomic mass is 32.2. The van der Waals surface area contributed by atoms with Gasteiger partial charge in [-0.2, -0.15) is 0 Å². The predicted molar refractivity (Wildman–Crippen MR) is 79.7 cm³/mol. The van der Waals surface area contributed by atoms with Gasteiger partial charge in [-0.1, -0.05) is 23.9 Å². The van der Waals surface area contributed by atoms with Crippen molar-refractivity contribution in [3.05, 3.63) is 34.8 Å². The van der Waals surface area contributed by atoms with Gasteiger partial charge in [0.2, 0.25) is 10.0 Å². The molecule has 0 radical (unpaired) electrons. The molecule has 2 aromatic rings. The molecule has 0 atom stereocenters. The summed E-state index contributed by atoms with van der Waals surface area (Å²) in [7, 11) is -3.81. The van der Waals surface area contributed by atoms with Gasteiger partial charge in [-0.3, -0.25) is 4.79 Å². The third-order valence-electron chi connectivity index (χ3n) is 2.67. The minimum absolute atomic E-state index is 0.0588. The van der Waals surface area contributed by atoms with Gasteiger partial charge in [-0.15, -0.1) is 5.10 Å². The van der Waals surface area contributed by atoms with Crippen LogP contribution in [0.3, 0.4) is 0 Å². The van der Waals surface area contributed by atoms with Crippen molar-refractivity contribution in [2.45, 2.75) is 24.7 Å². The van der Waals surface area contributed by atoms with Gasteiger partial charge in [0.1, 0.15) is 4.88 Å². The second-order valence-corrected chi connectivity index (χ2v) is 6.64. The van der Waals surface area contributed by atoms with E-state index in [9.17, 15) is 13.2 Å². The molecule has 112 valence electrons. The van der Waals surface area contributed by atoms with Gasteiger partial charge in [0.05, 0.1) is 10.6 Å². The summed E-state index contributed by atoms with van der Waals surface area (Å²) in [5.41, 5.74) is 0.991. The molecule has 0 aliphatic rings. The summed E-state index contributed by atoms with van der Waals surface area (Å²) in [5, 5.41) is 11.6. The Kier molecular flexibility index (Phi) is 4.66. The predicted octanol–water partition coefficient (Wildman–Crippen LogP) is 1.39. The molecule has 1 heterocycles. The van der Waals surface area contributed by atoms with Gasteiger partial charge in [0, 0.05) is 5.69 Å². The highest BCUT2D eigenvalue weighted by Gasteiger charge is 2.16. The van der Waals surface area contributed by atoms with Gasteiger partial charge in [-0.05, 0) is 36.2 Å². The van der Waals surface area contributed by atoms with Crippen molar-refractivity contribution in [3.63, 3.8) is 0 Å². The number of hydrogen-bond donors (Lipinski definition) is 2. The molecule has 0 spiro atoms. The summed E-state index contributed by atoms with van der Waals surface area (Å²) in [5.74, 6) is -0.361. The zero-order valence-corrected chi connectivity index (χ0v) is 12.9. The molecule has 3 N–H and O–H groups in total. The number of nitrogens with one attached hydrogen (secondary N) is 1. The molecule has 0 aliphatic carbocycles. The van der Waals surface area contributed by atoms with Crippen molar-refractivity contribution in [2.75, 3.05) is 5.32 Å². The fraction of sp³-hybridized carbons (Fsp3) is 0.250. The third-order valence-corrected chi connectivity index (χ3v) is 4.35. The zero-order valence-electron chi connectivity index (χ0n) is 11.2. The fourth-order valence-corrected chi connectivity index (χ4v) is 2.88. The topological polar surface area (TPSA) is 115 Å². The number of amides is 1. The molecule has 1 aromatic heterocycles. The van der Waals surface area contributed by atoms with Gasteiger partial charge in [-0.25, -0.2) is 13.6 Å². The van der Waals surface area contributed by atoms with Crippen LogP contribution in [-0.4, -0.2) is 23.9 Å². The maximum Gasteiger partial charge on any atom is 0.269 e. The maximum absolute atomic E-state index is 12.2. The average Bonchev–Trinajstić information content (AvgIpc) is 2.87. The number of rotatable bonds is 5. The number of primary sulfonamides is 1. The lowest BCUT2D eigenvalue weighted by molar-refractivity contribution is 0.102. The summed E-state index contributed by atoms with van der Waals surface area (Å²) in [6.45, 7) is 1.98. The second kappa shape index (κ2) is 6.29. The van der Waals surface area contributed by atoms with Crippen LogP contribution < -0.4 is 10.5 Å². The first-order valence-corrected chi connectivity index (χ1v) is 8.49. The highest BCUT2D eigenvalue weighted by Crippen LogP contribution is 2.18. The van der Waals surface area contributed by atoms with E-state index in [1.165, 1.54) is 18.2 Å². The normalized spacial score (nSPS) is 11.3. The minimum atomic E-state index is -3.81. The Morgan fingerprint density at radius 3 is 2.86 bits per heavy atom. The number of carbonyl (C=O) groups is 1. The molecule has 2 rings (SSSR count). The summed E-state index contributed by atoms with van der Waals surface area (Å²) >= 11 is 1.01. The molecule has 1 aromatic carbocycles. The molecule has 0 bridgehead atoms. The maximum atomic E-state index is 12.2. The number of hydrogen-bond acceptors (Lipinski definition) is 6. The Bertz CT molecular complexity index is 755. The molecule has 0 aliphatic heterocycles. The van der Waals surface area contributed by atoms with Crippen LogP contribution in [0.2, 0.25) is 0 Å². The van der Waals surface area contributed by atoms with Crippen LogP contribution in [0.1, 0.15) is 28.7 Å². The lowest BCUT2D eigenvalue weighted by atomic mass is 10.2. The SMILES string of the molecule is CCCc1nnsc1C(=O)Nc1cccc(S(N)(=O)=O)c1. The van der Waals surface area contributed by atoms with E-state index < -0.39 is 10.0 Å². The molecule has 7 nitrogen and oxygen atoms in total. The largest absolute Gasteiger partial charge is 0.321 e. The molecular weight excluding hydrogens is 312 g/mol. The lowest BCUT2D eigenvalue weighted by Gasteiger charge is -2.06. The van der Waals surface area contributed by atoms with E-state index in [4.69, 9.17) is 5.14 Å². The fourth-order valence-electron chi connectivity index (χ4n) is 1.72. The Hall–Kier alpha value is -1.84. The molecule has 0 saturated carbocycles. The van der Waals surface area contributed by atoms with Crippen molar-refractivity contribution >= 4 is 33.2 Å². The first-order valence-electron chi connectivity index (χ1n) is 6.17. The molecule has 0 unspecified atom stereocenters. The van der Waals surface area contributed by atoms with E-state index in [0.717, 1.165) is 18.0 Å². The number of benzene rings is 1. The van der Waals surface area contributed by atoms with Crippen LogP contribution in [-0.2, 0) is 16.4 Å². The van der Waals surface area contributed by atoms with Gasteiger partial charge in [0.25, 0.3) is 5.91 Å². The quantitative estimate of drug-likeness (QED) is 0.861. The number of aryl methyl sites for hydroxylation is 1. The van der Waals surface area contributed by atoms with Gasteiger partial charge in [0.15, 0.2) is 0 Å². The first-order chi connectivity index (χ1) is 9.91. The highest BCUT2D eigenvalue weighted by molar-refractivity contribution is 7.89. The second-order valence-electron chi connectivity index (χ2n) is 4.33. The van der Waals surface area contributed by atoms with E-state index in [0.29, 0.717) is 22.7 Å². The Labute approximate surface area is 126 Å². The monoisotopic (exact) mass is 326 g/mol. The summed E-state index contributed by atoms with van der Waals surface area (Å²) < 4.78 is 26.3. The smallest absolute Gasteiger partial charge is 0.269 e. The summed E-state index contributed by atoms with van der Waals surface area (Å²) in [6.07, 6.45) is 1.52. The molecule has 0 fully saturated rings. The molecule has 0 saturated heterocycles. The zero-order chi connectivity index (χ0) is 15.5. The van der Waals surface area contributed by atoms with E-state index in [1.807, 2.05) is 6.92 Å². The molecule has 9 heteroatoms. The Morgan fingerprint density at radius 1 is 1.43 bits per heavy atom. The van der Waals surface area contributed by atoms with Crippen LogP contribution in [0.15, 0.2) is 29.2 Å². The van der Waals surface area contributed by atoms with Crippen molar-refractivity contribution in [1.29, 1.82) is 0 Å². The van der Waals surface area contributed by atoms with Crippen LogP contribution in [0.25, 0.3) is 0 Å². The van der Waals surface area contributed by atoms with Gasteiger partial charge < -0.3 is 5.32 Å². The minimum Gasteiger partial charge on any atom is -0.321 e. The summed E-state index contributed by atoms with van der Waals surface area (Å²) in [4.78, 5) is 12.5. The van der Waals surface area contributed by atoms with Crippen molar-refractivity contribution in [3.8, 4) is 0 Å². The lowest BCUT2D eigenvalue weighted by Crippen LogP contribution is -2.15. The summed E-state index contributed by atoms with van der Waals surface area (Å²) in [6, 6.07) is 5.76. The number of sulfonamides is 1. The van der Waals surface area contributed by atoms with Crippen LogP contribution in [0.4, 0.5) is 5.69 Å². The number of nitrogens with two attached hydrogens (primary N) is 1. The van der Waals surface area contributed by atoms with Crippen molar-refractivity contribution < 1.29 is 13.2 Å². The third kappa shape index (κ3) is 3.84. The van der Waals surface area contributed by atoms with Crippen LogP contribution in [0, 0.1) is 0 Å². The van der Waals surface area contributed by atoms with Gasteiger partial charge >= 0.3 is 0 Å². The Morgan fingerprint density at radius 2 is 2.19 bits per heavy atom. The van der Waals surface area contributed by atoms with Crippen molar-refractivity contribution in [2.24, 2.45) is 5.14 Å². The first kappa shape index (κ1) is 15.5. The number of aromatic nitrogens is 2. The average molecular weight is 326 g/mol. The van der Waals surface area contributed by atoms with Crippen LogP contribution >= 0.6 is 11.5 Å². The van der Waals surface area contributed by atoms with E-state index in [-0.39, 0.29) is 10.8 Å². The van der Waals surface area contributed by atoms with Crippen LogP contribution in [0.5, 0.6) is 0 Å². The molecule has 1 amide bonds. The number of carbonyl (C=O) groups excluding carboxylic acids is 1. The van der Waals surface area contributed by atoms with E-state index in [1.54, 1.807) is 6.07 Å². The van der Waals surface area contributed by atoms with E-state index >= 15 is 0 Å². The standard InChI is InChI=1S/C12H14N4O3S2/c1-2-4-10-11(20-16-15-10)12(17)14-8-5-3-6-9(7-8)21(13,18)19/h3,5-7H,2,4H2,1H3,(H,14,17)(H2,13,18,19). The molecule has 21 heavy (non-hydrogen) atoms. The number of nitrogens with zero attached hydrogens (tertiary/aromatic N) is 2. The van der Waals surface area contributed by atoms with E-state index in [2.05, 4.69) is 14.9 Å². The van der Waals surface area contributed by atoms with Crippen molar-refractivity contribution in [1.82, 2.24) is 9.59 Å². The molecular formula is C12H14N4O3S2. The number of anilines is 1.